The Labute approximate surface area is 231 Å². The molecule has 1 aliphatic carbocycles. The van der Waals surface area contributed by atoms with E-state index in [-0.39, 0.29) is 6.04 Å². The number of carbonyl (C=O) groups is 1. The Morgan fingerprint density at radius 2 is 1.79 bits per heavy atom. The van der Waals surface area contributed by atoms with E-state index in [1.165, 1.54) is 56.1 Å². The van der Waals surface area contributed by atoms with Crippen molar-refractivity contribution in [3.8, 4) is 0 Å². The molecule has 3 atom stereocenters. The zero-order valence-corrected chi connectivity index (χ0v) is 23.0. The highest BCUT2D eigenvalue weighted by Crippen LogP contribution is 2.38. The maximum absolute atomic E-state index is 12.3. The summed E-state index contributed by atoms with van der Waals surface area (Å²) in [6.45, 7) is 5.12. The molecule has 0 amide bonds. The Kier molecular flexibility index (Phi) is 8.26. The summed E-state index contributed by atoms with van der Waals surface area (Å²) < 4.78 is 4.92. The van der Waals surface area contributed by atoms with Crippen LogP contribution < -0.4 is 0 Å². The molecule has 7 nitrogen and oxygen atoms in total. The van der Waals surface area contributed by atoms with Gasteiger partial charge in [0.15, 0.2) is 0 Å². The van der Waals surface area contributed by atoms with Crippen molar-refractivity contribution in [2.45, 2.75) is 69.7 Å². The third kappa shape index (κ3) is 6.20. The Morgan fingerprint density at radius 1 is 0.974 bits per heavy atom. The number of aromatic nitrogens is 2. The molecule has 3 aromatic rings. The smallest absolute Gasteiger partial charge is 0.320 e. The normalized spacial score (nSPS) is 24.2. The van der Waals surface area contributed by atoms with Gasteiger partial charge in [-0.25, -0.2) is 4.63 Å². The number of fused-ring (bicyclic) bond motifs is 1. The summed E-state index contributed by atoms with van der Waals surface area (Å²) in [6, 6.07) is 16.6. The standard InChI is InChI=1S/C32H42N4O3/c37-32(38)30(19-24-8-4-9-24)36-21-27(28(22-36)25-10-2-1-3-11-25)20-35-17-15-23(16-18-35)7-5-12-26-13-6-14-29-31(26)34-39-33-29/h1-3,6,10-11,13-14,23-24,27-28,30H,4-5,7-9,12,15-22H2,(H,37,38)/t27-,28+,30?/m0/s1. The van der Waals surface area contributed by atoms with E-state index in [1.807, 2.05) is 12.1 Å². The molecule has 0 radical (unpaired) electrons. The van der Waals surface area contributed by atoms with Crippen LogP contribution in [0.2, 0.25) is 0 Å². The van der Waals surface area contributed by atoms with E-state index in [9.17, 15) is 9.90 Å². The van der Waals surface area contributed by atoms with Crippen molar-refractivity contribution < 1.29 is 14.5 Å². The topological polar surface area (TPSA) is 82.7 Å². The lowest BCUT2D eigenvalue weighted by atomic mass is 9.80. The minimum absolute atomic E-state index is 0.337. The zero-order chi connectivity index (χ0) is 26.6. The highest BCUT2D eigenvalue weighted by atomic mass is 16.6. The van der Waals surface area contributed by atoms with Gasteiger partial charge in [-0.15, -0.1) is 0 Å². The number of rotatable bonds is 11. The van der Waals surface area contributed by atoms with Crippen LogP contribution in [0.3, 0.4) is 0 Å². The lowest BCUT2D eigenvalue weighted by Gasteiger charge is -2.35. The fourth-order valence-electron chi connectivity index (χ4n) is 7.31. The molecule has 2 saturated heterocycles. The van der Waals surface area contributed by atoms with E-state index in [0.29, 0.717) is 17.8 Å². The summed E-state index contributed by atoms with van der Waals surface area (Å²) in [5, 5.41) is 18.2. The van der Waals surface area contributed by atoms with Crippen molar-refractivity contribution in [1.29, 1.82) is 0 Å². The van der Waals surface area contributed by atoms with E-state index in [4.69, 9.17) is 4.63 Å². The minimum Gasteiger partial charge on any atom is -0.480 e. The molecule has 2 aromatic carbocycles. The van der Waals surface area contributed by atoms with Crippen molar-refractivity contribution >= 4 is 17.0 Å². The molecule has 1 unspecified atom stereocenters. The Morgan fingerprint density at radius 3 is 2.54 bits per heavy atom. The molecular formula is C32H42N4O3. The Balaban J connectivity index is 1.03. The van der Waals surface area contributed by atoms with Gasteiger partial charge in [0.1, 0.15) is 17.1 Å². The first kappa shape index (κ1) is 26.5. The van der Waals surface area contributed by atoms with Gasteiger partial charge in [0.2, 0.25) is 0 Å². The first-order valence-corrected chi connectivity index (χ1v) is 15.1. The van der Waals surface area contributed by atoms with Crippen LogP contribution in [0.25, 0.3) is 11.0 Å². The van der Waals surface area contributed by atoms with Crippen molar-refractivity contribution in [3.63, 3.8) is 0 Å². The lowest BCUT2D eigenvalue weighted by molar-refractivity contribution is -0.144. The number of carboxylic acid groups (broad SMARTS) is 1. The van der Waals surface area contributed by atoms with E-state index < -0.39 is 5.97 Å². The fourth-order valence-corrected chi connectivity index (χ4v) is 7.31. The summed E-state index contributed by atoms with van der Waals surface area (Å²) in [6.07, 6.45) is 10.4. The number of aliphatic carboxylic acids is 1. The number of hydrogen-bond donors (Lipinski definition) is 1. The van der Waals surface area contributed by atoms with Gasteiger partial charge in [-0.3, -0.25) is 9.69 Å². The molecule has 3 fully saturated rings. The Bertz CT molecular complexity index is 1220. The number of benzene rings is 2. The highest BCUT2D eigenvalue weighted by Gasteiger charge is 2.41. The second-order valence-corrected chi connectivity index (χ2v) is 12.3. The molecular weight excluding hydrogens is 488 g/mol. The Hall–Kier alpha value is -2.77. The van der Waals surface area contributed by atoms with E-state index in [2.05, 4.69) is 56.5 Å². The molecule has 2 aliphatic heterocycles. The van der Waals surface area contributed by atoms with Crippen molar-refractivity contribution in [3.05, 3.63) is 59.7 Å². The van der Waals surface area contributed by atoms with Gasteiger partial charge >= 0.3 is 5.97 Å². The van der Waals surface area contributed by atoms with E-state index in [1.54, 1.807) is 0 Å². The quantitative estimate of drug-likeness (QED) is 0.345. The monoisotopic (exact) mass is 530 g/mol. The van der Waals surface area contributed by atoms with Crippen LogP contribution in [0.5, 0.6) is 0 Å². The summed E-state index contributed by atoms with van der Waals surface area (Å²) >= 11 is 0. The predicted molar refractivity (Wildman–Crippen MR) is 152 cm³/mol. The van der Waals surface area contributed by atoms with Gasteiger partial charge in [0.25, 0.3) is 0 Å². The molecule has 39 heavy (non-hydrogen) atoms. The van der Waals surface area contributed by atoms with E-state index >= 15 is 0 Å². The molecule has 1 aromatic heterocycles. The van der Waals surface area contributed by atoms with E-state index in [0.717, 1.165) is 62.5 Å². The molecule has 6 rings (SSSR count). The molecule has 208 valence electrons. The molecule has 3 aliphatic rings. The van der Waals surface area contributed by atoms with Crippen molar-refractivity contribution in [1.82, 2.24) is 20.1 Å². The number of carboxylic acids is 1. The van der Waals surface area contributed by atoms with Crippen LogP contribution in [0.15, 0.2) is 53.2 Å². The summed E-state index contributed by atoms with van der Waals surface area (Å²) in [5.41, 5.74) is 4.35. The average Bonchev–Trinajstić information content (AvgIpc) is 3.57. The first-order valence-electron chi connectivity index (χ1n) is 15.1. The van der Waals surface area contributed by atoms with Crippen LogP contribution in [-0.2, 0) is 11.2 Å². The SMILES string of the molecule is O=C(O)C(CC1CCC1)N1C[C@H](CN2CCC(CCCc3cccc4nonc34)CC2)[C@@H](c2ccccc2)C1. The highest BCUT2D eigenvalue weighted by molar-refractivity contribution is 5.76. The maximum Gasteiger partial charge on any atom is 0.320 e. The molecule has 1 N–H and O–H groups in total. The fraction of sp³-hybridized carbons (Fsp3) is 0.594. The first-order chi connectivity index (χ1) is 19.1. The molecule has 0 spiro atoms. The third-order valence-corrected chi connectivity index (χ3v) is 9.83. The zero-order valence-electron chi connectivity index (χ0n) is 23.0. The van der Waals surface area contributed by atoms with Crippen molar-refractivity contribution in [2.24, 2.45) is 17.8 Å². The van der Waals surface area contributed by atoms with Gasteiger partial charge in [0, 0.05) is 25.6 Å². The van der Waals surface area contributed by atoms with Gasteiger partial charge in [0.05, 0.1) is 0 Å². The molecule has 7 heteroatoms. The van der Waals surface area contributed by atoms with Crippen molar-refractivity contribution in [2.75, 3.05) is 32.7 Å². The number of likely N-dealkylation sites (tertiary alicyclic amines) is 2. The second-order valence-electron chi connectivity index (χ2n) is 12.3. The van der Waals surface area contributed by atoms with Crippen LogP contribution in [0.4, 0.5) is 0 Å². The third-order valence-electron chi connectivity index (χ3n) is 9.83. The van der Waals surface area contributed by atoms with Gasteiger partial charge in [-0.05, 0) is 90.5 Å². The molecule has 1 saturated carbocycles. The van der Waals surface area contributed by atoms with Gasteiger partial charge in [-0.1, -0.05) is 68.1 Å². The van der Waals surface area contributed by atoms with Crippen LogP contribution >= 0.6 is 0 Å². The predicted octanol–water partition coefficient (Wildman–Crippen LogP) is 5.62. The van der Waals surface area contributed by atoms with Gasteiger partial charge in [-0.2, -0.15) is 0 Å². The van der Waals surface area contributed by atoms with Gasteiger partial charge < -0.3 is 10.0 Å². The summed E-state index contributed by atoms with van der Waals surface area (Å²) in [7, 11) is 0. The number of piperidine rings is 1. The molecule has 3 heterocycles. The molecule has 0 bridgehead atoms. The summed E-state index contributed by atoms with van der Waals surface area (Å²) in [4.78, 5) is 17.3. The van der Waals surface area contributed by atoms with Crippen LogP contribution in [-0.4, -0.2) is 70.0 Å². The lowest BCUT2D eigenvalue weighted by Crippen LogP contribution is -2.43. The largest absolute Gasteiger partial charge is 0.480 e. The minimum atomic E-state index is -0.633. The number of nitrogens with zero attached hydrogens (tertiary/aromatic N) is 4. The van der Waals surface area contributed by atoms with Crippen LogP contribution in [0, 0.1) is 17.8 Å². The summed E-state index contributed by atoms with van der Waals surface area (Å²) in [5.74, 6) is 1.62. The maximum atomic E-state index is 12.3. The number of hydrogen-bond acceptors (Lipinski definition) is 6. The number of aryl methyl sites for hydroxylation is 1. The second kappa shape index (κ2) is 12.2. The average molecular weight is 531 g/mol. The van der Waals surface area contributed by atoms with Crippen LogP contribution in [0.1, 0.15) is 68.4 Å².